The number of carbonyl (C=O) groups is 1. The third-order valence-corrected chi connectivity index (χ3v) is 6.51. The number of pyridine rings is 2. The summed E-state index contributed by atoms with van der Waals surface area (Å²) in [7, 11) is 0. The number of aromatic nitrogens is 6. The molecule has 7 heterocycles. The van der Waals surface area contributed by atoms with Crippen LogP contribution in [0.15, 0.2) is 65.4 Å². The van der Waals surface area contributed by atoms with E-state index in [4.69, 9.17) is 14.4 Å². The minimum Gasteiger partial charge on any atom is -0.472 e. The number of aromatic amines is 2. The monoisotopic (exact) mass is 478 g/mol. The zero-order chi connectivity index (χ0) is 24.2. The summed E-state index contributed by atoms with van der Waals surface area (Å²) in [5.41, 5.74) is 8.00. The van der Waals surface area contributed by atoms with Crippen molar-refractivity contribution in [3.8, 4) is 22.8 Å². The lowest BCUT2D eigenvalue weighted by molar-refractivity contribution is -0.120. The first kappa shape index (κ1) is 20.6. The van der Waals surface area contributed by atoms with Crippen LogP contribution >= 0.6 is 0 Å². The van der Waals surface area contributed by atoms with Gasteiger partial charge in [-0.15, -0.1) is 0 Å². The number of hydrogen-bond donors (Lipinski definition) is 3. The Morgan fingerprint density at radius 2 is 2.08 bits per heavy atom. The molecule has 10 nitrogen and oxygen atoms in total. The van der Waals surface area contributed by atoms with Gasteiger partial charge < -0.3 is 19.6 Å². The molecule has 5 aromatic heterocycles. The molecule has 36 heavy (non-hydrogen) atoms. The maximum Gasteiger partial charge on any atom is 0.224 e. The summed E-state index contributed by atoms with van der Waals surface area (Å²) >= 11 is 0. The molecule has 0 spiro atoms. The number of rotatable bonds is 6. The molecule has 7 rings (SSSR count). The highest BCUT2D eigenvalue weighted by molar-refractivity contribution is 5.95. The second-order valence-electron chi connectivity index (χ2n) is 9.01. The van der Waals surface area contributed by atoms with Gasteiger partial charge in [-0.05, 0) is 36.8 Å². The zero-order valence-electron chi connectivity index (χ0n) is 19.4. The molecule has 0 radical (unpaired) electrons. The number of amides is 1. The van der Waals surface area contributed by atoms with Crippen LogP contribution in [0.5, 0.6) is 0 Å². The van der Waals surface area contributed by atoms with Crippen LogP contribution in [-0.2, 0) is 4.79 Å². The predicted molar refractivity (Wildman–Crippen MR) is 134 cm³/mol. The molecule has 1 amide bonds. The maximum atomic E-state index is 12.2. The average molecular weight is 479 g/mol. The first-order valence-corrected chi connectivity index (χ1v) is 11.9. The van der Waals surface area contributed by atoms with E-state index < -0.39 is 0 Å². The van der Waals surface area contributed by atoms with Crippen LogP contribution in [0.25, 0.3) is 50.4 Å². The van der Waals surface area contributed by atoms with Crippen molar-refractivity contribution in [2.24, 2.45) is 0 Å². The van der Waals surface area contributed by atoms with Crippen molar-refractivity contribution in [3.63, 3.8) is 0 Å². The number of imidazole rings is 1. The van der Waals surface area contributed by atoms with Gasteiger partial charge in [-0.1, -0.05) is 6.92 Å². The molecule has 3 N–H and O–H groups in total. The highest BCUT2D eigenvalue weighted by atomic mass is 16.3. The van der Waals surface area contributed by atoms with Crippen LogP contribution in [0.1, 0.15) is 25.5 Å². The fourth-order valence-electron chi connectivity index (χ4n) is 4.64. The summed E-state index contributed by atoms with van der Waals surface area (Å²) in [5.74, 6) is 0.650. The van der Waals surface area contributed by atoms with E-state index in [1.165, 1.54) is 0 Å². The van der Waals surface area contributed by atoms with E-state index in [1.54, 1.807) is 18.7 Å². The van der Waals surface area contributed by atoms with Crippen molar-refractivity contribution in [1.82, 2.24) is 40.3 Å². The number of H-pyrrole nitrogens is 2. The Morgan fingerprint density at radius 1 is 1.17 bits per heavy atom. The molecular weight excluding hydrogens is 456 g/mol. The van der Waals surface area contributed by atoms with Crippen LogP contribution in [0.2, 0.25) is 0 Å². The largest absolute Gasteiger partial charge is 0.472 e. The Hall–Kier alpha value is -4.73. The topological polar surface area (TPSA) is 128 Å². The Labute approximate surface area is 205 Å². The van der Waals surface area contributed by atoms with Crippen LogP contribution in [-0.4, -0.2) is 53.5 Å². The highest BCUT2D eigenvalue weighted by Gasteiger charge is 2.38. The van der Waals surface area contributed by atoms with Gasteiger partial charge in [-0.25, -0.2) is 9.97 Å². The summed E-state index contributed by atoms with van der Waals surface area (Å²) in [4.78, 5) is 32.0. The minimum absolute atomic E-state index is 0.0477. The van der Waals surface area contributed by atoms with Crippen molar-refractivity contribution >= 4 is 33.5 Å². The van der Waals surface area contributed by atoms with E-state index in [9.17, 15) is 4.79 Å². The second-order valence-corrected chi connectivity index (χ2v) is 9.01. The Kier molecular flexibility index (Phi) is 4.53. The lowest BCUT2D eigenvalue weighted by Gasteiger charge is -2.15. The van der Waals surface area contributed by atoms with Crippen molar-refractivity contribution < 1.29 is 9.21 Å². The summed E-state index contributed by atoms with van der Waals surface area (Å²) in [6, 6.07) is 7.92. The van der Waals surface area contributed by atoms with Crippen molar-refractivity contribution in [2.45, 2.75) is 25.8 Å². The van der Waals surface area contributed by atoms with Gasteiger partial charge in [0.2, 0.25) is 5.91 Å². The zero-order valence-corrected chi connectivity index (χ0v) is 19.4. The third-order valence-electron chi connectivity index (χ3n) is 6.51. The summed E-state index contributed by atoms with van der Waals surface area (Å²) in [6.45, 7) is 2.90. The Bertz CT molecular complexity index is 1690. The number of nitrogens with zero attached hydrogens (tertiary/aromatic N) is 5. The number of nitrogens with one attached hydrogen (secondary N) is 3. The van der Waals surface area contributed by atoms with E-state index in [1.807, 2.05) is 37.3 Å². The van der Waals surface area contributed by atoms with Gasteiger partial charge in [-0.2, -0.15) is 5.10 Å². The molecule has 0 bridgehead atoms. The van der Waals surface area contributed by atoms with Crippen molar-refractivity contribution in [3.05, 3.63) is 66.7 Å². The number of fused-ring (bicyclic) bond motifs is 3. The molecule has 2 aliphatic rings. The van der Waals surface area contributed by atoms with Crippen molar-refractivity contribution in [1.29, 1.82) is 0 Å². The fourth-order valence-corrected chi connectivity index (χ4v) is 4.64. The predicted octanol–water partition coefficient (Wildman–Crippen LogP) is 4.00. The van der Waals surface area contributed by atoms with Gasteiger partial charge in [0.05, 0.1) is 35.3 Å². The van der Waals surface area contributed by atoms with E-state index in [2.05, 4.69) is 36.6 Å². The standard InChI is InChI=1S/C26H22N8O2/c1-2-3-21(35)28-19-10-15(11-34-12-20(19)34)16-4-5-18-24(29-16)25(33-32-18)26-30-17-6-8-27-22(23(17)31-26)14-7-9-36-13-14/h4-11,13,20H,2-3,12H2,1H3,(H,28,35)(H,30,31)(H,32,33). The maximum absolute atomic E-state index is 12.2. The molecule has 5 aromatic rings. The van der Waals surface area contributed by atoms with Gasteiger partial charge >= 0.3 is 0 Å². The Balaban J connectivity index is 1.28. The van der Waals surface area contributed by atoms with Crippen LogP contribution in [0.4, 0.5) is 0 Å². The van der Waals surface area contributed by atoms with Gasteiger partial charge in [-0.3, -0.25) is 14.9 Å². The molecule has 1 unspecified atom stereocenters. The molecule has 178 valence electrons. The van der Waals surface area contributed by atoms with Crippen LogP contribution in [0, 0.1) is 0 Å². The van der Waals surface area contributed by atoms with Crippen molar-refractivity contribution in [2.75, 3.05) is 6.54 Å². The highest BCUT2D eigenvalue weighted by Crippen LogP contribution is 2.35. The molecule has 1 fully saturated rings. The number of allylic oxidation sites excluding steroid dienone is 2. The van der Waals surface area contributed by atoms with E-state index in [0.29, 0.717) is 23.5 Å². The first-order valence-electron chi connectivity index (χ1n) is 11.9. The van der Waals surface area contributed by atoms with Gasteiger partial charge in [0.15, 0.2) is 11.5 Å². The quantitative estimate of drug-likeness (QED) is 0.315. The first-order chi connectivity index (χ1) is 17.7. The number of hydrogen-bond acceptors (Lipinski definition) is 7. The lowest BCUT2D eigenvalue weighted by Crippen LogP contribution is -2.27. The molecular formula is C26H22N8O2. The molecule has 1 atom stereocenters. The van der Waals surface area contributed by atoms with E-state index >= 15 is 0 Å². The number of furan rings is 1. The normalized spacial score (nSPS) is 16.7. The Morgan fingerprint density at radius 3 is 2.94 bits per heavy atom. The van der Waals surface area contributed by atoms with Crippen LogP contribution in [0.3, 0.4) is 0 Å². The number of carbonyl (C=O) groups excluding carboxylic acids is 1. The lowest BCUT2D eigenvalue weighted by atomic mass is 10.1. The van der Waals surface area contributed by atoms with Gasteiger partial charge in [0, 0.05) is 42.2 Å². The summed E-state index contributed by atoms with van der Waals surface area (Å²) in [6.07, 6.45) is 10.5. The molecule has 10 heteroatoms. The van der Waals surface area contributed by atoms with Crippen LogP contribution < -0.4 is 5.32 Å². The van der Waals surface area contributed by atoms with Gasteiger partial charge in [0.25, 0.3) is 0 Å². The smallest absolute Gasteiger partial charge is 0.224 e. The molecule has 0 aliphatic carbocycles. The molecule has 0 aromatic carbocycles. The van der Waals surface area contributed by atoms with E-state index in [-0.39, 0.29) is 11.9 Å². The van der Waals surface area contributed by atoms with Gasteiger partial charge in [0.1, 0.15) is 16.7 Å². The van der Waals surface area contributed by atoms with E-state index in [0.717, 1.165) is 57.7 Å². The molecule has 0 saturated carbocycles. The SMILES string of the molecule is CCCC(=O)NC1=CC(c2ccc3[nH]nc(-c4nc5c(-c6ccoc6)nccc5[nH]4)c3n2)=CN2CC12. The molecule has 2 aliphatic heterocycles. The third kappa shape index (κ3) is 3.37. The fraction of sp³-hybridized carbons (Fsp3) is 0.192. The average Bonchev–Trinajstić information content (AvgIpc) is 3.24. The molecule has 1 saturated heterocycles. The minimum atomic E-state index is 0.0477. The summed E-state index contributed by atoms with van der Waals surface area (Å²) in [5, 5.41) is 10.7. The second kappa shape index (κ2) is 7.91. The summed E-state index contributed by atoms with van der Waals surface area (Å²) < 4.78 is 5.23.